The van der Waals surface area contributed by atoms with Gasteiger partial charge in [0, 0.05) is 28.0 Å². The Balaban J connectivity index is 2.05. The number of carbonyl (C=O) groups excluding carboxylic acids is 4. The van der Waals surface area contributed by atoms with Crippen molar-refractivity contribution in [1.29, 1.82) is 0 Å². The fourth-order valence-corrected chi connectivity index (χ4v) is 8.38. The van der Waals surface area contributed by atoms with Crippen LogP contribution in [0.4, 0.5) is 0 Å². The van der Waals surface area contributed by atoms with Crippen molar-refractivity contribution in [2.24, 2.45) is 28.6 Å². The third-order valence-corrected chi connectivity index (χ3v) is 10.5. The zero-order valence-corrected chi connectivity index (χ0v) is 25.2. The first kappa shape index (κ1) is 30.4. The second-order valence-corrected chi connectivity index (χ2v) is 12.5. The molecule has 3 aliphatic rings. The van der Waals surface area contributed by atoms with E-state index in [1.807, 2.05) is 34.6 Å². The summed E-state index contributed by atoms with van der Waals surface area (Å²) >= 11 is 0. The van der Waals surface area contributed by atoms with E-state index in [9.17, 15) is 34.5 Å². The van der Waals surface area contributed by atoms with Crippen LogP contribution in [0, 0.1) is 28.6 Å². The molecule has 8 nitrogen and oxygen atoms in total. The summed E-state index contributed by atoms with van der Waals surface area (Å²) in [6.45, 7) is 16.1. The third kappa shape index (κ3) is 3.69. The van der Waals surface area contributed by atoms with Crippen LogP contribution >= 0.6 is 0 Å². The molecular weight excluding hydrogens is 524 g/mol. The third-order valence-electron chi connectivity index (χ3n) is 10.5. The van der Waals surface area contributed by atoms with Crippen LogP contribution in [0.25, 0.3) is 11.8 Å². The van der Waals surface area contributed by atoms with Crippen molar-refractivity contribution in [3.8, 4) is 5.75 Å². The molecule has 1 aromatic carbocycles. The minimum atomic E-state index is -2.61. The van der Waals surface area contributed by atoms with E-state index < -0.39 is 63.3 Å². The number of aliphatic hydroxyl groups is 2. The van der Waals surface area contributed by atoms with Crippen molar-refractivity contribution in [3.63, 3.8) is 0 Å². The van der Waals surface area contributed by atoms with Crippen molar-refractivity contribution < 1.29 is 39.2 Å². The summed E-state index contributed by atoms with van der Waals surface area (Å²) < 4.78 is 4.91. The molecule has 4 rings (SSSR count). The van der Waals surface area contributed by atoms with Gasteiger partial charge >= 0.3 is 5.97 Å². The molecule has 3 aliphatic carbocycles. The Morgan fingerprint density at radius 3 is 2.24 bits per heavy atom. The number of esters is 1. The molecule has 0 saturated heterocycles. The fraction of sp³-hybridized carbons (Fsp3) is 0.515. The highest BCUT2D eigenvalue weighted by atomic mass is 16.5. The highest BCUT2D eigenvalue weighted by molar-refractivity contribution is 6.33. The maximum absolute atomic E-state index is 14.6. The molecule has 220 valence electrons. The zero-order chi connectivity index (χ0) is 31.0. The Labute approximate surface area is 240 Å². The summed E-state index contributed by atoms with van der Waals surface area (Å²) in [4.78, 5) is 53.2. The van der Waals surface area contributed by atoms with Gasteiger partial charge in [-0.1, -0.05) is 59.2 Å². The second-order valence-electron chi connectivity index (χ2n) is 12.5. The molecule has 41 heavy (non-hydrogen) atoms. The lowest BCUT2D eigenvalue weighted by Gasteiger charge is -2.65. The number of rotatable bonds is 5. The van der Waals surface area contributed by atoms with Crippen LogP contribution < -0.4 is 0 Å². The molecule has 6 atom stereocenters. The van der Waals surface area contributed by atoms with Gasteiger partial charge in [0.05, 0.1) is 17.7 Å². The Hall–Kier alpha value is -3.52. The van der Waals surface area contributed by atoms with Gasteiger partial charge in [0.15, 0.2) is 11.4 Å². The molecule has 0 bridgehead atoms. The van der Waals surface area contributed by atoms with Crippen LogP contribution in [0.5, 0.6) is 5.75 Å². The van der Waals surface area contributed by atoms with Crippen LogP contribution in [-0.2, 0) is 23.9 Å². The van der Waals surface area contributed by atoms with E-state index in [4.69, 9.17) is 4.74 Å². The lowest BCUT2D eigenvalue weighted by atomic mass is 9.37. The topological polar surface area (TPSA) is 138 Å². The number of Topliss-reactive ketones (excluding diaryl/α,β-unsaturated/α-hetero) is 3. The fourth-order valence-electron chi connectivity index (χ4n) is 8.38. The number of fused-ring (bicyclic) bond motifs is 3. The molecule has 0 amide bonds. The lowest BCUT2D eigenvalue weighted by Crippen LogP contribution is -2.74. The van der Waals surface area contributed by atoms with E-state index in [0.717, 1.165) is 6.08 Å². The number of hydrogen-bond acceptors (Lipinski definition) is 8. The van der Waals surface area contributed by atoms with Crippen LogP contribution in [-0.4, -0.2) is 50.8 Å². The number of aliphatic hydroxyl groups excluding tert-OH is 1. The minimum Gasteiger partial charge on any atom is -0.507 e. The summed E-state index contributed by atoms with van der Waals surface area (Å²) in [6.07, 6.45) is 2.50. The Bertz CT molecular complexity index is 1480. The maximum Gasteiger partial charge on any atom is 0.330 e. The molecule has 1 fully saturated rings. The van der Waals surface area contributed by atoms with Crippen LogP contribution in [0.15, 0.2) is 34.9 Å². The monoisotopic (exact) mass is 564 g/mol. The van der Waals surface area contributed by atoms with E-state index in [0.29, 0.717) is 11.1 Å². The van der Waals surface area contributed by atoms with Crippen LogP contribution in [0.3, 0.4) is 0 Å². The highest BCUT2D eigenvalue weighted by Crippen LogP contribution is 2.70. The molecule has 8 heteroatoms. The Kier molecular flexibility index (Phi) is 7.27. The van der Waals surface area contributed by atoms with Crippen molar-refractivity contribution >= 4 is 35.2 Å². The average molecular weight is 565 g/mol. The largest absolute Gasteiger partial charge is 0.507 e. The summed E-state index contributed by atoms with van der Waals surface area (Å²) in [5.74, 6) is -5.50. The van der Waals surface area contributed by atoms with Crippen LogP contribution in [0.1, 0.15) is 84.9 Å². The Morgan fingerprint density at radius 2 is 1.71 bits per heavy atom. The normalized spacial score (nSPS) is 33.2. The van der Waals surface area contributed by atoms with Crippen molar-refractivity contribution in [2.45, 2.75) is 73.8 Å². The summed E-state index contributed by atoms with van der Waals surface area (Å²) in [7, 11) is 0. The van der Waals surface area contributed by atoms with Gasteiger partial charge in [-0.15, -0.1) is 0 Å². The second kappa shape index (κ2) is 9.79. The SMILES string of the molecule is CCOC(=O)/C=C/c1ccc2c(c1O)C(O)=C1C(=O)[C@]3(O)C(=O)C(C(C)=O)=C(C)[C@@H](C(C)C)[C@]3(C)[C@@H](C)[C@]1(C)[C@H]2C. The molecule has 0 radical (unpaired) electrons. The highest BCUT2D eigenvalue weighted by Gasteiger charge is 2.75. The number of hydrogen-bond donors (Lipinski definition) is 3. The van der Waals surface area contributed by atoms with E-state index in [-0.39, 0.29) is 40.5 Å². The summed E-state index contributed by atoms with van der Waals surface area (Å²) in [5.41, 5.74) is -3.93. The number of ketones is 3. The lowest BCUT2D eigenvalue weighted by molar-refractivity contribution is -0.194. The zero-order valence-electron chi connectivity index (χ0n) is 25.2. The molecule has 0 unspecified atom stereocenters. The van der Waals surface area contributed by atoms with Crippen molar-refractivity contribution in [1.82, 2.24) is 0 Å². The van der Waals surface area contributed by atoms with Gasteiger partial charge in [-0.25, -0.2) is 4.79 Å². The van der Waals surface area contributed by atoms with Crippen LogP contribution in [0.2, 0.25) is 0 Å². The van der Waals surface area contributed by atoms with Crippen molar-refractivity contribution in [2.75, 3.05) is 6.61 Å². The van der Waals surface area contributed by atoms with Crippen molar-refractivity contribution in [3.05, 3.63) is 51.6 Å². The first-order valence-electron chi connectivity index (χ1n) is 14.1. The molecular formula is C33H40O8. The van der Waals surface area contributed by atoms with Gasteiger partial charge < -0.3 is 20.1 Å². The number of ether oxygens (including phenoxy) is 1. The first-order valence-corrected chi connectivity index (χ1v) is 14.1. The number of phenolic OH excluding ortho intramolecular Hbond substituents is 1. The van der Waals surface area contributed by atoms with E-state index in [2.05, 4.69) is 0 Å². The smallest absolute Gasteiger partial charge is 0.330 e. The molecule has 0 aliphatic heterocycles. The Morgan fingerprint density at radius 1 is 1.10 bits per heavy atom. The molecule has 1 saturated carbocycles. The maximum atomic E-state index is 14.6. The number of allylic oxidation sites excluding steroid dienone is 1. The van der Waals surface area contributed by atoms with Gasteiger partial charge in [-0.05, 0) is 56.1 Å². The van der Waals surface area contributed by atoms with Gasteiger partial charge in [-0.3, -0.25) is 14.4 Å². The number of carbonyl (C=O) groups is 4. The molecule has 0 spiro atoms. The predicted molar refractivity (Wildman–Crippen MR) is 154 cm³/mol. The summed E-state index contributed by atoms with van der Waals surface area (Å²) in [5, 5.41) is 35.4. The van der Waals surface area contributed by atoms with E-state index >= 15 is 0 Å². The minimum absolute atomic E-state index is 0.00548. The number of phenols is 1. The average Bonchev–Trinajstić information content (AvgIpc) is 2.88. The van der Waals surface area contributed by atoms with E-state index in [1.54, 1.807) is 32.9 Å². The number of benzene rings is 1. The molecule has 0 aromatic heterocycles. The van der Waals surface area contributed by atoms with Gasteiger partial charge in [0.25, 0.3) is 0 Å². The predicted octanol–water partition coefficient (Wildman–Crippen LogP) is 5.08. The standard InChI is InChI=1S/C33H40O8/c1-10-41-22(35)14-12-20-11-13-21-17(5)31(8)19(7)32(9)25(15(2)3)16(4)23(18(6)34)29(38)33(32,40)30(39)26(31)28(37)24(21)27(20)36/h11-15,17,19,25,36-37,40H,10H2,1-9H3/b14-12+/t17-,19-,25+,31-,32-,33+/m0/s1. The quantitative estimate of drug-likeness (QED) is 0.195. The van der Waals surface area contributed by atoms with E-state index in [1.165, 1.54) is 13.0 Å². The van der Waals surface area contributed by atoms with Gasteiger partial charge in [0.2, 0.25) is 11.6 Å². The number of aromatic hydroxyl groups is 1. The van der Waals surface area contributed by atoms with Gasteiger partial charge in [0.1, 0.15) is 11.5 Å². The summed E-state index contributed by atoms with van der Waals surface area (Å²) in [6, 6.07) is 3.37. The molecule has 0 heterocycles. The molecule has 1 aromatic rings. The molecule has 3 N–H and O–H groups in total. The van der Waals surface area contributed by atoms with Gasteiger partial charge in [-0.2, -0.15) is 0 Å². The first-order chi connectivity index (χ1) is 18.9.